The smallest absolute Gasteiger partial charge is 0.243 e. The Bertz CT molecular complexity index is 1390. The lowest BCUT2D eigenvalue weighted by Gasteiger charge is -2.29. The van der Waals surface area contributed by atoms with E-state index in [0.717, 1.165) is 41.9 Å². The molecule has 218 valence electrons. The lowest BCUT2D eigenvalue weighted by molar-refractivity contribution is -0.133. The summed E-state index contributed by atoms with van der Waals surface area (Å²) in [6.45, 7) is 3.65. The minimum atomic E-state index is -4.18. The molecule has 1 aromatic carbocycles. The zero-order valence-electron chi connectivity index (χ0n) is 23.1. The molecule has 0 bridgehead atoms. The van der Waals surface area contributed by atoms with Gasteiger partial charge in [0.2, 0.25) is 21.8 Å². The molecule has 2 aromatic heterocycles. The van der Waals surface area contributed by atoms with Gasteiger partial charge in [-0.3, -0.25) is 9.59 Å². The van der Waals surface area contributed by atoms with Gasteiger partial charge in [0.25, 0.3) is 0 Å². The number of imidazole rings is 1. The molecular formula is C28H38ClN5O4S2. The highest BCUT2D eigenvalue weighted by Crippen LogP contribution is 2.36. The van der Waals surface area contributed by atoms with E-state index in [0.29, 0.717) is 24.8 Å². The van der Waals surface area contributed by atoms with Crippen molar-refractivity contribution in [1.82, 2.24) is 19.6 Å². The number of amides is 2. The summed E-state index contributed by atoms with van der Waals surface area (Å²) in [5.41, 5.74) is 2.71. The van der Waals surface area contributed by atoms with Crippen molar-refractivity contribution in [3.63, 3.8) is 0 Å². The van der Waals surface area contributed by atoms with E-state index in [1.54, 1.807) is 37.3 Å². The summed E-state index contributed by atoms with van der Waals surface area (Å²) in [5, 5.41) is 4.70. The number of likely N-dealkylation sites (N-methyl/N-ethyl adjacent to an activating group) is 1. The maximum absolute atomic E-state index is 13.9. The number of para-hydroxylation sites is 1. The number of aromatic nitrogens is 2. The molecule has 1 aliphatic carbocycles. The van der Waals surface area contributed by atoms with Gasteiger partial charge in [0, 0.05) is 35.6 Å². The standard InChI is InChI=1S/C28H37N5O4S2.ClH/c1-4-26(34)31-27-21(24-15-9-17-38-24)12-7-16-25(27)39(36,37)32-23(14-8-13-22-19(2)29-18-30-22)28(35)33(3)20-10-5-6-11-20;/h7,9,12,15-18,20,23,32H,4-6,8,10-11,13-14H2,1-3H3,(H,29,30)(H,31,34);1H/t23-;/m0./s1. The second kappa shape index (κ2) is 14.2. The number of hydrogen-bond acceptors (Lipinski definition) is 6. The molecule has 0 aliphatic heterocycles. The number of nitrogens with one attached hydrogen (secondary N) is 3. The molecule has 1 fully saturated rings. The van der Waals surface area contributed by atoms with Crippen LogP contribution in [0.5, 0.6) is 0 Å². The number of halogens is 1. The minimum absolute atomic E-state index is 0. The van der Waals surface area contributed by atoms with Crippen LogP contribution >= 0.6 is 23.7 Å². The molecule has 0 unspecified atom stereocenters. The molecule has 0 saturated heterocycles. The fourth-order valence-electron chi connectivity index (χ4n) is 5.06. The first-order valence-corrected chi connectivity index (χ1v) is 15.8. The highest BCUT2D eigenvalue weighted by atomic mass is 35.5. The predicted octanol–water partition coefficient (Wildman–Crippen LogP) is 5.29. The van der Waals surface area contributed by atoms with Crippen molar-refractivity contribution in [2.75, 3.05) is 12.4 Å². The highest BCUT2D eigenvalue weighted by Gasteiger charge is 2.33. The van der Waals surface area contributed by atoms with Crippen LogP contribution in [0.3, 0.4) is 0 Å². The Balaban J connectivity index is 0.00000441. The molecule has 9 nitrogen and oxygen atoms in total. The molecule has 4 rings (SSSR count). The van der Waals surface area contributed by atoms with Gasteiger partial charge in [0.05, 0.1) is 17.7 Å². The average molecular weight is 608 g/mol. The third-order valence-electron chi connectivity index (χ3n) is 7.34. The number of nitrogens with zero attached hydrogens (tertiary/aromatic N) is 2. The number of anilines is 1. The van der Waals surface area contributed by atoms with E-state index in [1.807, 2.05) is 24.4 Å². The molecule has 40 heavy (non-hydrogen) atoms. The Hall–Kier alpha value is -2.73. The van der Waals surface area contributed by atoms with Crippen LogP contribution in [-0.2, 0) is 26.0 Å². The van der Waals surface area contributed by atoms with Gasteiger partial charge in [-0.15, -0.1) is 23.7 Å². The number of carbonyl (C=O) groups is 2. The Morgan fingerprint density at radius 1 is 1.20 bits per heavy atom. The Morgan fingerprint density at radius 2 is 1.95 bits per heavy atom. The van der Waals surface area contributed by atoms with Crippen LogP contribution in [0.15, 0.2) is 46.9 Å². The lowest BCUT2D eigenvalue weighted by atomic mass is 10.1. The first kappa shape index (κ1) is 31.8. The summed E-state index contributed by atoms with van der Waals surface area (Å²) in [6, 6.07) is 7.84. The minimum Gasteiger partial charge on any atom is -0.348 e. The van der Waals surface area contributed by atoms with E-state index in [2.05, 4.69) is 20.0 Å². The summed E-state index contributed by atoms with van der Waals surface area (Å²) in [7, 11) is -2.42. The molecular weight excluding hydrogens is 570 g/mol. The molecule has 1 aliphatic rings. The van der Waals surface area contributed by atoms with Crippen molar-refractivity contribution in [3.8, 4) is 10.4 Å². The van der Waals surface area contributed by atoms with Crippen LogP contribution in [0.1, 0.15) is 63.3 Å². The number of sulfonamides is 1. The van der Waals surface area contributed by atoms with E-state index < -0.39 is 16.1 Å². The summed E-state index contributed by atoms with van der Waals surface area (Å²) in [5.74, 6) is -0.531. The summed E-state index contributed by atoms with van der Waals surface area (Å²) < 4.78 is 30.5. The second-order valence-corrected chi connectivity index (χ2v) is 12.6. The maximum atomic E-state index is 13.9. The van der Waals surface area contributed by atoms with E-state index in [9.17, 15) is 18.0 Å². The predicted molar refractivity (Wildman–Crippen MR) is 161 cm³/mol. The Kier molecular flexibility index (Phi) is 11.3. The number of carbonyl (C=O) groups excluding carboxylic acids is 2. The van der Waals surface area contributed by atoms with Crippen molar-refractivity contribution in [2.24, 2.45) is 0 Å². The van der Waals surface area contributed by atoms with Crippen molar-refractivity contribution >= 4 is 51.3 Å². The SMILES string of the molecule is CCC(=O)Nc1c(-c2cccs2)cccc1S(=O)(=O)N[C@@H](CCCc1nc[nH]c1C)C(=O)N(C)C1CCCC1.Cl. The molecule has 1 saturated carbocycles. The van der Waals surface area contributed by atoms with Crippen molar-refractivity contribution in [1.29, 1.82) is 0 Å². The Labute approximate surface area is 246 Å². The van der Waals surface area contributed by atoms with Crippen LogP contribution in [0.25, 0.3) is 10.4 Å². The monoisotopic (exact) mass is 607 g/mol. The van der Waals surface area contributed by atoms with Gasteiger partial charge in [-0.05, 0) is 56.5 Å². The van der Waals surface area contributed by atoms with E-state index >= 15 is 0 Å². The first-order chi connectivity index (χ1) is 18.7. The van der Waals surface area contributed by atoms with Crippen molar-refractivity contribution in [3.05, 3.63) is 53.4 Å². The average Bonchev–Trinajstić information content (AvgIpc) is 3.71. The zero-order valence-corrected chi connectivity index (χ0v) is 25.6. The highest BCUT2D eigenvalue weighted by molar-refractivity contribution is 7.89. The Morgan fingerprint density at radius 3 is 2.58 bits per heavy atom. The van der Waals surface area contributed by atoms with Gasteiger partial charge in [-0.1, -0.05) is 38.0 Å². The normalized spacial score (nSPS) is 14.5. The second-order valence-electron chi connectivity index (χ2n) is 9.99. The quantitative estimate of drug-likeness (QED) is 0.258. The van der Waals surface area contributed by atoms with E-state index in [-0.39, 0.29) is 47.3 Å². The van der Waals surface area contributed by atoms with Crippen LogP contribution in [0.4, 0.5) is 5.69 Å². The fourth-order valence-corrected chi connectivity index (χ4v) is 7.23. The molecule has 0 radical (unpaired) electrons. The zero-order chi connectivity index (χ0) is 28.0. The topological polar surface area (TPSA) is 124 Å². The van der Waals surface area contributed by atoms with Crippen LogP contribution in [0, 0.1) is 6.92 Å². The van der Waals surface area contributed by atoms with Crippen LogP contribution in [0.2, 0.25) is 0 Å². The molecule has 1 atom stereocenters. The summed E-state index contributed by atoms with van der Waals surface area (Å²) in [4.78, 5) is 36.0. The molecule has 2 amide bonds. The van der Waals surface area contributed by atoms with Crippen LogP contribution in [-0.4, -0.2) is 54.2 Å². The number of H-pyrrole nitrogens is 1. The van der Waals surface area contributed by atoms with Gasteiger partial charge in [0.15, 0.2) is 0 Å². The van der Waals surface area contributed by atoms with Crippen LogP contribution < -0.4 is 10.0 Å². The largest absolute Gasteiger partial charge is 0.348 e. The molecule has 2 heterocycles. The van der Waals surface area contributed by atoms with Gasteiger partial charge >= 0.3 is 0 Å². The van der Waals surface area contributed by atoms with E-state index in [4.69, 9.17) is 0 Å². The van der Waals surface area contributed by atoms with Gasteiger partial charge in [-0.25, -0.2) is 13.4 Å². The van der Waals surface area contributed by atoms with Crippen molar-refractivity contribution < 1.29 is 18.0 Å². The molecule has 12 heteroatoms. The number of aromatic amines is 1. The lowest BCUT2D eigenvalue weighted by Crippen LogP contribution is -2.49. The third-order valence-corrected chi connectivity index (χ3v) is 9.76. The van der Waals surface area contributed by atoms with Gasteiger partial charge < -0.3 is 15.2 Å². The molecule has 0 spiro atoms. The summed E-state index contributed by atoms with van der Waals surface area (Å²) in [6.07, 6.45) is 7.33. The third kappa shape index (κ3) is 7.51. The number of hydrogen-bond donors (Lipinski definition) is 3. The number of thiophene rings is 1. The molecule has 3 N–H and O–H groups in total. The number of aryl methyl sites for hydroxylation is 2. The fraction of sp³-hybridized carbons (Fsp3) is 0.464. The molecule has 3 aromatic rings. The maximum Gasteiger partial charge on any atom is 0.243 e. The summed E-state index contributed by atoms with van der Waals surface area (Å²) >= 11 is 1.46. The number of rotatable bonds is 12. The van der Waals surface area contributed by atoms with Crippen molar-refractivity contribution in [2.45, 2.75) is 82.2 Å². The van der Waals surface area contributed by atoms with E-state index in [1.165, 1.54) is 17.4 Å². The number of benzene rings is 1. The van der Waals surface area contributed by atoms with Gasteiger partial charge in [0.1, 0.15) is 10.9 Å². The first-order valence-electron chi connectivity index (χ1n) is 13.5. The van der Waals surface area contributed by atoms with Gasteiger partial charge in [-0.2, -0.15) is 4.72 Å².